The van der Waals surface area contributed by atoms with E-state index >= 15 is 0 Å². The van der Waals surface area contributed by atoms with Crippen LogP contribution >= 0.6 is 0 Å². The lowest BCUT2D eigenvalue weighted by Gasteiger charge is -2.30. The van der Waals surface area contributed by atoms with Gasteiger partial charge in [0.15, 0.2) is 0 Å². The minimum Gasteiger partial charge on any atom is -0.347 e. The van der Waals surface area contributed by atoms with Crippen LogP contribution in [-0.2, 0) is 17.4 Å². The normalized spacial score (nSPS) is 14.7. The number of nitrogens with one attached hydrogen (secondary N) is 1. The molecule has 140 valence electrons. The minimum atomic E-state index is 0.0348. The van der Waals surface area contributed by atoms with Crippen molar-refractivity contribution in [1.82, 2.24) is 14.5 Å². The van der Waals surface area contributed by atoms with Crippen molar-refractivity contribution < 1.29 is 0 Å². The number of H-pyrrole nitrogens is 1. The third kappa shape index (κ3) is 2.95. The Bertz CT molecular complexity index is 1090. The van der Waals surface area contributed by atoms with Crippen LogP contribution in [0, 0.1) is 0 Å². The Kier molecular flexibility index (Phi) is 4.14. The summed E-state index contributed by atoms with van der Waals surface area (Å²) in [5, 5.41) is 2.60. The zero-order valence-electron chi connectivity index (χ0n) is 17.0. The Balaban J connectivity index is 1.82. The zero-order chi connectivity index (χ0) is 19.2. The van der Waals surface area contributed by atoms with Crippen molar-refractivity contribution in [3.63, 3.8) is 0 Å². The first-order chi connectivity index (χ1) is 12.8. The van der Waals surface area contributed by atoms with E-state index in [0.717, 1.165) is 18.6 Å². The van der Waals surface area contributed by atoms with E-state index in [-0.39, 0.29) is 10.8 Å². The van der Waals surface area contributed by atoms with Crippen molar-refractivity contribution in [1.29, 1.82) is 0 Å². The molecule has 0 spiro atoms. The predicted octanol–water partition coefficient (Wildman–Crippen LogP) is 6.18. The fourth-order valence-corrected chi connectivity index (χ4v) is 4.27. The Morgan fingerprint density at radius 2 is 1.78 bits per heavy atom. The first kappa shape index (κ1) is 17.8. The molecule has 1 N–H and O–H groups in total. The van der Waals surface area contributed by atoms with Crippen LogP contribution in [0.25, 0.3) is 21.9 Å². The number of nitrogens with zero attached hydrogens (tertiary/aromatic N) is 2. The highest BCUT2D eigenvalue weighted by Gasteiger charge is 2.28. The summed E-state index contributed by atoms with van der Waals surface area (Å²) in [4.78, 5) is 7.72. The maximum absolute atomic E-state index is 4.47. The Labute approximate surface area is 161 Å². The van der Waals surface area contributed by atoms with Gasteiger partial charge in [-0.3, -0.25) is 0 Å². The van der Waals surface area contributed by atoms with Gasteiger partial charge in [0.2, 0.25) is 0 Å². The summed E-state index contributed by atoms with van der Waals surface area (Å²) in [5.41, 5.74) is 5.25. The van der Waals surface area contributed by atoms with Gasteiger partial charge in [0, 0.05) is 46.8 Å². The van der Waals surface area contributed by atoms with Crippen molar-refractivity contribution in [3.8, 4) is 0 Å². The standard InChI is InChI=1S/C24H29N3/c1-6-24(5,20-11-14-26-22-18(20)10-13-25-22)16-27-15-12-17-19(23(2,3)4)8-7-9-21(17)27/h7-15H,6,16H2,1-5H3,(H,25,26). The van der Waals surface area contributed by atoms with Gasteiger partial charge in [-0.25, -0.2) is 4.98 Å². The van der Waals surface area contributed by atoms with Crippen LogP contribution in [0.5, 0.6) is 0 Å². The minimum absolute atomic E-state index is 0.0348. The van der Waals surface area contributed by atoms with Gasteiger partial charge in [0.25, 0.3) is 0 Å². The molecule has 3 heteroatoms. The molecule has 3 heterocycles. The Morgan fingerprint density at radius 3 is 2.52 bits per heavy atom. The molecule has 1 aromatic carbocycles. The van der Waals surface area contributed by atoms with E-state index in [4.69, 9.17) is 0 Å². The molecule has 0 aliphatic carbocycles. The molecule has 0 bridgehead atoms. The molecule has 1 unspecified atom stereocenters. The molecule has 0 aliphatic rings. The molecular formula is C24H29N3. The van der Waals surface area contributed by atoms with E-state index in [2.05, 4.69) is 91.7 Å². The second kappa shape index (κ2) is 6.26. The zero-order valence-corrected chi connectivity index (χ0v) is 17.0. The van der Waals surface area contributed by atoms with Gasteiger partial charge in [-0.2, -0.15) is 0 Å². The van der Waals surface area contributed by atoms with Crippen LogP contribution in [0.1, 0.15) is 52.2 Å². The second-order valence-electron chi connectivity index (χ2n) is 8.94. The third-order valence-electron chi connectivity index (χ3n) is 6.03. The first-order valence-corrected chi connectivity index (χ1v) is 9.84. The molecule has 0 radical (unpaired) electrons. The van der Waals surface area contributed by atoms with E-state index in [0.29, 0.717) is 0 Å². The molecule has 0 fully saturated rings. The summed E-state index contributed by atoms with van der Waals surface area (Å²) in [6, 6.07) is 13.3. The molecule has 3 aromatic heterocycles. The average molecular weight is 360 g/mol. The molecule has 27 heavy (non-hydrogen) atoms. The average Bonchev–Trinajstić information content (AvgIpc) is 3.27. The van der Waals surface area contributed by atoms with Gasteiger partial charge in [0.05, 0.1) is 0 Å². The lowest BCUT2D eigenvalue weighted by molar-refractivity contribution is 0.392. The number of aromatic amines is 1. The Hall–Kier alpha value is -2.55. The maximum Gasteiger partial charge on any atom is 0.137 e. The van der Waals surface area contributed by atoms with Crippen molar-refractivity contribution in [2.45, 2.75) is 58.4 Å². The highest BCUT2D eigenvalue weighted by Crippen LogP contribution is 2.36. The van der Waals surface area contributed by atoms with Crippen molar-refractivity contribution in [2.24, 2.45) is 0 Å². The van der Waals surface area contributed by atoms with Crippen LogP contribution < -0.4 is 0 Å². The molecular weight excluding hydrogens is 330 g/mol. The fraction of sp³-hybridized carbons (Fsp3) is 0.375. The van der Waals surface area contributed by atoms with Crippen molar-refractivity contribution in [2.75, 3.05) is 0 Å². The smallest absolute Gasteiger partial charge is 0.137 e. The molecule has 3 nitrogen and oxygen atoms in total. The number of fused-ring (bicyclic) bond motifs is 2. The third-order valence-corrected chi connectivity index (χ3v) is 6.03. The number of hydrogen-bond acceptors (Lipinski definition) is 1. The monoisotopic (exact) mass is 359 g/mol. The van der Waals surface area contributed by atoms with Crippen molar-refractivity contribution in [3.05, 3.63) is 66.1 Å². The SMILES string of the molecule is CCC(C)(Cn1ccc2c(C(C)(C)C)cccc21)c1ccnc2[nH]ccc12. The second-order valence-corrected chi connectivity index (χ2v) is 8.94. The van der Waals surface area contributed by atoms with Crippen LogP contribution in [0.3, 0.4) is 0 Å². The van der Waals surface area contributed by atoms with E-state index in [1.54, 1.807) is 0 Å². The summed E-state index contributed by atoms with van der Waals surface area (Å²) in [5.74, 6) is 0. The van der Waals surface area contributed by atoms with Gasteiger partial charge in [-0.05, 0) is 47.2 Å². The van der Waals surface area contributed by atoms with E-state index in [1.165, 1.54) is 27.4 Å². The number of hydrogen-bond donors (Lipinski definition) is 1. The fourth-order valence-electron chi connectivity index (χ4n) is 4.27. The van der Waals surface area contributed by atoms with Gasteiger partial charge >= 0.3 is 0 Å². The number of benzene rings is 1. The van der Waals surface area contributed by atoms with Crippen LogP contribution in [0.2, 0.25) is 0 Å². The highest BCUT2D eigenvalue weighted by atomic mass is 15.0. The maximum atomic E-state index is 4.47. The number of aromatic nitrogens is 3. The predicted molar refractivity (Wildman–Crippen MR) is 114 cm³/mol. The van der Waals surface area contributed by atoms with Gasteiger partial charge in [0.1, 0.15) is 5.65 Å². The first-order valence-electron chi connectivity index (χ1n) is 9.84. The van der Waals surface area contributed by atoms with Gasteiger partial charge < -0.3 is 9.55 Å². The lowest BCUT2D eigenvalue weighted by Crippen LogP contribution is -2.27. The molecule has 0 saturated carbocycles. The number of rotatable bonds is 4. The van der Waals surface area contributed by atoms with E-state index < -0.39 is 0 Å². The Morgan fingerprint density at radius 1 is 0.963 bits per heavy atom. The summed E-state index contributed by atoms with van der Waals surface area (Å²) in [7, 11) is 0. The summed E-state index contributed by atoms with van der Waals surface area (Å²) in [6.45, 7) is 12.5. The van der Waals surface area contributed by atoms with Gasteiger partial charge in [-0.1, -0.05) is 46.8 Å². The van der Waals surface area contributed by atoms with E-state index in [9.17, 15) is 0 Å². The van der Waals surface area contributed by atoms with Crippen LogP contribution in [0.15, 0.2) is 55.0 Å². The van der Waals surface area contributed by atoms with E-state index in [1.807, 2.05) is 12.4 Å². The van der Waals surface area contributed by atoms with Crippen LogP contribution in [0.4, 0.5) is 0 Å². The number of pyridine rings is 1. The summed E-state index contributed by atoms with van der Waals surface area (Å²) >= 11 is 0. The largest absolute Gasteiger partial charge is 0.347 e. The van der Waals surface area contributed by atoms with Crippen LogP contribution in [-0.4, -0.2) is 14.5 Å². The summed E-state index contributed by atoms with van der Waals surface area (Å²) in [6.07, 6.45) is 7.23. The molecule has 1 atom stereocenters. The highest BCUT2D eigenvalue weighted by molar-refractivity contribution is 5.85. The van der Waals surface area contributed by atoms with Crippen molar-refractivity contribution >= 4 is 21.9 Å². The van der Waals surface area contributed by atoms with Gasteiger partial charge in [-0.15, -0.1) is 0 Å². The molecule has 4 rings (SSSR count). The molecule has 0 aliphatic heterocycles. The molecule has 4 aromatic rings. The summed E-state index contributed by atoms with van der Waals surface area (Å²) < 4.78 is 2.42. The lowest BCUT2D eigenvalue weighted by atomic mass is 9.79. The quantitative estimate of drug-likeness (QED) is 0.463. The topological polar surface area (TPSA) is 33.6 Å². The molecule has 0 amide bonds. The molecule has 0 saturated heterocycles.